The van der Waals surface area contributed by atoms with Gasteiger partial charge in [-0.05, 0) is 41.5 Å². The molecule has 0 unspecified atom stereocenters. The van der Waals surface area contributed by atoms with Crippen molar-refractivity contribution in [2.45, 2.75) is 58.3 Å². The normalized spacial score (nSPS) is 19.6. The summed E-state index contributed by atoms with van der Waals surface area (Å²) in [5.74, 6) is 0.0868. The molecular weight excluding hydrogens is 428 g/mol. The van der Waals surface area contributed by atoms with Crippen molar-refractivity contribution < 1.29 is 14.6 Å². The zero-order chi connectivity index (χ0) is 23.6. The first-order valence-electron chi connectivity index (χ1n) is 12.2. The van der Waals surface area contributed by atoms with Gasteiger partial charge in [0.05, 0.1) is 17.2 Å². The minimum atomic E-state index is -0.143. The summed E-state index contributed by atoms with van der Waals surface area (Å²) in [6, 6.07) is 9.98. The Labute approximate surface area is 199 Å². The quantitative estimate of drug-likeness (QED) is 0.598. The molecule has 1 aromatic heterocycles. The number of likely N-dealkylation sites (tertiary alicyclic amines) is 1. The lowest BCUT2D eigenvalue weighted by Gasteiger charge is -2.58. The number of rotatable bonds is 5. The highest BCUT2D eigenvalue weighted by molar-refractivity contribution is 6.01. The number of aromatic amines is 1. The Bertz CT molecular complexity index is 1270. The predicted octanol–water partition coefficient (Wildman–Crippen LogP) is 4.16. The van der Waals surface area contributed by atoms with Gasteiger partial charge in [-0.1, -0.05) is 32.0 Å². The second kappa shape index (κ2) is 7.82. The van der Waals surface area contributed by atoms with Crippen LogP contribution < -0.4 is 0 Å². The molecule has 2 N–H and O–H groups in total. The maximum absolute atomic E-state index is 13.4. The fraction of sp³-hybridized carbons (Fsp3) is 0.481. The minimum absolute atomic E-state index is 0.0191. The zero-order valence-electron chi connectivity index (χ0n) is 20.1. The maximum Gasteiger partial charge on any atom is 0.258 e. The summed E-state index contributed by atoms with van der Waals surface area (Å²) in [6.07, 6.45) is 2.84. The molecule has 2 aromatic carbocycles. The number of fused-ring (bicyclic) bond motifs is 2. The molecule has 1 saturated heterocycles. The second-order valence-electron chi connectivity index (χ2n) is 10.9. The zero-order valence-corrected chi connectivity index (χ0v) is 20.1. The smallest absolute Gasteiger partial charge is 0.258 e. The van der Waals surface area contributed by atoms with Crippen LogP contribution in [0.5, 0.6) is 5.75 Å². The number of phenols is 1. The second-order valence-corrected chi connectivity index (χ2v) is 10.9. The number of hydrogen-bond donors (Lipinski definition) is 2. The van der Waals surface area contributed by atoms with Gasteiger partial charge in [0.25, 0.3) is 5.91 Å². The molecule has 178 valence electrons. The van der Waals surface area contributed by atoms with Crippen LogP contribution in [0, 0.1) is 5.41 Å². The first-order valence-corrected chi connectivity index (χ1v) is 12.2. The molecule has 1 spiro atoms. The number of hydrogen-bond acceptors (Lipinski definition) is 5. The van der Waals surface area contributed by atoms with Crippen LogP contribution in [0.25, 0.3) is 10.9 Å². The van der Waals surface area contributed by atoms with Crippen LogP contribution in [-0.4, -0.2) is 57.3 Å². The van der Waals surface area contributed by atoms with E-state index in [4.69, 9.17) is 4.74 Å². The third kappa shape index (κ3) is 3.49. The fourth-order valence-electron chi connectivity index (χ4n) is 6.14. The van der Waals surface area contributed by atoms with Crippen molar-refractivity contribution in [3.8, 4) is 5.75 Å². The lowest BCUT2D eigenvalue weighted by Crippen LogP contribution is -2.63. The molecule has 0 atom stereocenters. The van der Waals surface area contributed by atoms with Gasteiger partial charge < -0.3 is 14.7 Å². The third-order valence-electron chi connectivity index (χ3n) is 7.97. The summed E-state index contributed by atoms with van der Waals surface area (Å²) in [6.45, 7) is 8.57. The lowest BCUT2D eigenvalue weighted by atomic mass is 9.61. The van der Waals surface area contributed by atoms with E-state index in [2.05, 4.69) is 47.1 Å². The van der Waals surface area contributed by atoms with E-state index in [1.165, 1.54) is 29.5 Å². The number of ether oxygens (including phenoxy) is 1. The van der Waals surface area contributed by atoms with E-state index in [1.54, 1.807) is 12.1 Å². The number of carbonyl (C=O) groups is 1. The van der Waals surface area contributed by atoms with Gasteiger partial charge in [0, 0.05) is 62.4 Å². The Hall–Kier alpha value is -2.90. The molecule has 0 radical (unpaired) electrons. The molecule has 1 saturated carbocycles. The number of amides is 1. The van der Waals surface area contributed by atoms with Gasteiger partial charge in [0.2, 0.25) is 0 Å². The molecule has 7 heteroatoms. The molecule has 3 aliphatic rings. The van der Waals surface area contributed by atoms with Crippen LogP contribution in [0.15, 0.2) is 30.3 Å². The standard InChI is InChI=1S/C27H32N4O3/c1-16(2)25-21-7-22(24(32)8-23(21)28-29-25)26(33)31-12-18-5-4-17(6-19(18)13-31)11-30-14-27(15-30)9-20(10-27)34-3/h4-8,16,20,32H,9-15H2,1-3H3,(H,28,29). The molecule has 6 rings (SSSR count). The van der Waals surface area contributed by atoms with Crippen molar-refractivity contribution in [3.05, 3.63) is 58.3 Å². The topological polar surface area (TPSA) is 81.7 Å². The van der Waals surface area contributed by atoms with E-state index in [9.17, 15) is 9.90 Å². The number of aromatic nitrogens is 2. The summed E-state index contributed by atoms with van der Waals surface area (Å²) < 4.78 is 5.45. The molecule has 3 heterocycles. The van der Waals surface area contributed by atoms with Gasteiger partial charge in [-0.3, -0.25) is 14.8 Å². The number of carbonyl (C=O) groups excluding carboxylic acids is 1. The molecule has 2 fully saturated rings. The average molecular weight is 461 g/mol. The molecule has 34 heavy (non-hydrogen) atoms. The van der Waals surface area contributed by atoms with Gasteiger partial charge in [-0.2, -0.15) is 5.10 Å². The fourth-order valence-corrected chi connectivity index (χ4v) is 6.14. The number of phenolic OH excluding ortho intramolecular Hbond substituents is 1. The Morgan fingerprint density at radius 1 is 1.21 bits per heavy atom. The Balaban J connectivity index is 1.14. The maximum atomic E-state index is 13.4. The summed E-state index contributed by atoms with van der Waals surface area (Å²) in [7, 11) is 1.81. The van der Waals surface area contributed by atoms with E-state index in [0.29, 0.717) is 35.7 Å². The van der Waals surface area contributed by atoms with Crippen LogP contribution >= 0.6 is 0 Å². The van der Waals surface area contributed by atoms with Crippen LogP contribution in [0.4, 0.5) is 0 Å². The van der Waals surface area contributed by atoms with Crippen molar-refractivity contribution in [1.82, 2.24) is 20.0 Å². The molecular formula is C27H32N4O3. The SMILES string of the molecule is COC1CC2(C1)CN(Cc1ccc3c(c1)CN(C(=O)c1cc4c(C(C)C)[nH]nc4cc1O)C3)C2. The molecule has 2 aliphatic heterocycles. The van der Waals surface area contributed by atoms with Crippen molar-refractivity contribution in [1.29, 1.82) is 0 Å². The van der Waals surface area contributed by atoms with Crippen LogP contribution in [-0.2, 0) is 24.4 Å². The first-order chi connectivity index (χ1) is 16.3. The number of benzene rings is 2. The van der Waals surface area contributed by atoms with Crippen LogP contribution in [0.3, 0.4) is 0 Å². The third-order valence-corrected chi connectivity index (χ3v) is 7.97. The Morgan fingerprint density at radius 2 is 1.97 bits per heavy atom. The minimum Gasteiger partial charge on any atom is -0.507 e. The van der Waals surface area contributed by atoms with Gasteiger partial charge in [-0.15, -0.1) is 0 Å². The van der Waals surface area contributed by atoms with Gasteiger partial charge in [0.15, 0.2) is 0 Å². The number of nitrogens with one attached hydrogen (secondary N) is 1. The predicted molar refractivity (Wildman–Crippen MR) is 130 cm³/mol. The van der Waals surface area contributed by atoms with Crippen molar-refractivity contribution >= 4 is 16.8 Å². The first kappa shape index (κ1) is 21.6. The summed E-state index contributed by atoms with van der Waals surface area (Å²) >= 11 is 0. The molecule has 1 amide bonds. The van der Waals surface area contributed by atoms with Gasteiger partial charge in [-0.25, -0.2) is 0 Å². The number of H-pyrrole nitrogens is 1. The molecule has 1 aliphatic carbocycles. The van der Waals surface area contributed by atoms with Gasteiger partial charge in [0.1, 0.15) is 5.75 Å². The van der Waals surface area contributed by atoms with Gasteiger partial charge >= 0.3 is 0 Å². The monoisotopic (exact) mass is 460 g/mol. The van der Waals surface area contributed by atoms with Crippen molar-refractivity contribution in [2.24, 2.45) is 5.41 Å². The van der Waals surface area contributed by atoms with Crippen molar-refractivity contribution in [2.75, 3.05) is 20.2 Å². The summed E-state index contributed by atoms with van der Waals surface area (Å²) in [5.41, 5.74) is 6.18. The van der Waals surface area contributed by atoms with Crippen LogP contribution in [0.2, 0.25) is 0 Å². The Kier molecular flexibility index (Phi) is 4.97. The van der Waals surface area contributed by atoms with E-state index in [-0.39, 0.29) is 17.6 Å². The molecule has 7 nitrogen and oxygen atoms in total. The lowest BCUT2D eigenvalue weighted by molar-refractivity contribution is -0.142. The average Bonchev–Trinajstić information content (AvgIpc) is 3.36. The van der Waals surface area contributed by atoms with E-state index in [0.717, 1.165) is 30.7 Å². The highest BCUT2D eigenvalue weighted by atomic mass is 16.5. The van der Waals surface area contributed by atoms with Crippen molar-refractivity contribution in [3.63, 3.8) is 0 Å². The highest BCUT2D eigenvalue weighted by Crippen LogP contribution is 2.49. The molecule has 3 aromatic rings. The van der Waals surface area contributed by atoms with E-state index >= 15 is 0 Å². The van der Waals surface area contributed by atoms with Crippen LogP contribution in [0.1, 0.15) is 65.3 Å². The number of nitrogens with zero attached hydrogens (tertiary/aromatic N) is 3. The number of methoxy groups -OCH3 is 1. The highest BCUT2D eigenvalue weighted by Gasteiger charge is 2.52. The number of aromatic hydroxyl groups is 1. The summed E-state index contributed by atoms with van der Waals surface area (Å²) in [4.78, 5) is 17.7. The van der Waals surface area contributed by atoms with E-state index < -0.39 is 0 Å². The largest absolute Gasteiger partial charge is 0.507 e. The van der Waals surface area contributed by atoms with E-state index in [1.807, 2.05) is 12.0 Å². The molecule has 0 bridgehead atoms. The summed E-state index contributed by atoms with van der Waals surface area (Å²) in [5, 5.41) is 18.8. The Morgan fingerprint density at radius 3 is 2.71 bits per heavy atom.